The maximum atomic E-state index is 12.7. The van der Waals surface area contributed by atoms with E-state index >= 15 is 0 Å². The minimum atomic E-state index is -4.28. The van der Waals surface area contributed by atoms with Crippen LogP contribution in [0.5, 0.6) is 0 Å². The summed E-state index contributed by atoms with van der Waals surface area (Å²) in [5, 5.41) is 7.17. The molecule has 4 atom stereocenters. The summed E-state index contributed by atoms with van der Waals surface area (Å²) >= 11 is 0. The molecule has 1 saturated heterocycles. The molecule has 1 heterocycles. The Labute approximate surface area is 199 Å². The lowest BCUT2D eigenvalue weighted by molar-refractivity contribution is -0.0470. The van der Waals surface area contributed by atoms with Crippen molar-refractivity contribution in [3.63, 3.8) is 0 Å². The Bertz CT molecular complexity index is 1340. The number of hydrogen-bond donors (Lipinski definition) is 1. The molecular weight excluding hydrogens is 451 g/mol. The van der Waals surface area contributed by atoms with Crippen LogP contribution in [-0.4, -0.2) is 35.9 Å². The molecule has 0 aromatic heterocycles. The molecule has 180 valence electrons. The van der Waals surface area contributed by atoms with E-state index in [1.165, 1.54) is 26.9 Å². The first-order chi connectivity index (χ1) is 16.1. The third-order valence-electron chi connectivity index (χ3n) is 6.25. The lowest BCUT2D eigenvalue weighted by atomic mass is 9.90. The molecule has 1 aliphatic rings. The fourth-order valence-corrected chi connectivity index (χ4v) is 6.29. The molecule has 4 aromatic carbocycles. The van der Waals surface area contributed by atoms with Gasteiger partial charge in [-0.25, -0.2) is 4.57 Å². The molecule has 0 saturated carbocycles. The maximum absolute atomic E-state index is 12.7. The van der Waals surface area contributed by atoms with E-state index in [2.05, 4.69) is 54.6 Å². The monoisotopic (exact) mass is 482 g/mol. The summed E-state index contributed by atoms with van der Waals surface area (Å²) in [6.07, 6.45) is -0.977. The van der Waals surface area contributed by atoms with Gasteiger partial charge in [0.1, 0.15) is 12.2 Å². The first-order valence-corrected chi connectivity index (χ1v) is 13.3. The van der Waals surface area contributed by atoms with E-state index in [9.17, 15) is 9.46 Å². The fraction of sp³-hybridized carbons (Fsp3) is 0.407. The number of ether oxygens (including phenoxy) is 2. The Morgan fingerprint density at radius 3 is 2.32 bits per heavy atom. The normalized spacial score (nSPS) is 23.3. The zero-order valence-electron chi connectivity index (χ0n) is 20.0. The molecule has 0 amide bonds. The van der Waals surface area contributed by atoms with E-state index in [1.54, 1.807) is 20.8 Å². The van der Waals surface area contributed by atoms with Crippen LogP contribution in [0.2, 0.25) is 0 Å². The van der Waals surface area contributed by atoms with Crippen LogP contribution in [0.3, 0.4) is 0 Å². The highest BCUT2D eigenvalue weighted by atomic mass is 31.2. The number of phosphoric acid groups is 1. The molecule has 1 aliphatic heterocycles. The zero-order valence-corrected chi connectivity index (χ0v) is 20.9. The van der Waals surface area contributed by atoms with E-state index in [0.717, 1.165) is 10.9 Å². The van der Waals surface area contributed by atoms with E-state index in [-0.39, 0.29) is 12.7 Å². The highest BCUT2D eigenvalue weighted by molar-refractivity contribution is 7.47. The topological polar surface area (TPSA) is 74.2 Å². The van der Waals surface area contributed by atoms with Gasteiger partial charge in [0.2, 0.25) is 0 Å². The second kappa shape index (κ2) is 8.87. The summed E-state index contributed by atoms with van der Waals surface area (Å²) in [4.78, 5) is 10.4. The molecule has 0 radical (unpaired) electrons. The predicted octanol–water partition coefficient (Wildman–Crippen LogP) is 6.75. The van der Waals surface area contributed by atoms with Crippen molar-refractivity contribution in [2.75, 3.05) is 13.2 Å². The molecule has 7 heteroatoms. The summed E-state index contributed by atoms with van der Waals surface area (Å²) in [6.45, 7) is 7.86. The van der Waals surface area contributed by atoms with E-state index < -0.39 is 25.6 Å². The number of phosphoric ester groups is 1. The molecule has 34 heavy (non-hydrogen) atoms. The summed E-state index contributed by atoms with van der Waals surface area (Å²) in [6, 6.07) is 19.2. The van der Waals surface area contributed by atoms with Crippen molar-refractivity contribution < 1.29 is 28.0 Å². The van der Waals surface area contributed by atoms with Gasteiger partial charge in [-0.2, -0.15) is 0 Å². The molecule has 0 aliphatic carbocycles. The Balaban J connectivity index is 1.52. The molecular formula is C27H31O6P. The average molecular weight is 483 g/mol. The Morgan fingerprint density at radius 2 is 1.65 bits per heavy atom. The van der Waals surface area contributed by atoms with Crippen molar-refractivity contribution >= 4 is 40.1 Å². The van der Waals surface area contributed by atoms with Crippen LogP contribution in [0.4, 0.5) is 0 Å². The second-order valence-corrected chi connectivity index (χ2v) is 11.2. The van der Waals surface area contributed by atoms with Gasteiger partial charge in [0.15, 0.2) is 0 Å². The quantitative estimate of drug-likeness (QED) is 0.232. The third kappa shape index (κ3) is 4.59. The van der Waals surface area contributed by atoms with Gasteiger partial charge >= 0.3 is 7.82 Å². The van der Waals surface area contributed by atoms with Crippen molar-refractivity contribution in [3.8, 4) is 0 Å². The second-order valence-electron chi connectivity index (χ2n) is 9.89. The summed E-state index contributed by atoms with van der Waals surface area (Å²) in [5.41, 5.74) is 0.229. The van der Waals surface area contributed by atoms with Crippen molar-refractivity contribution in [2.45, 2.75) is 58.0 Å². The van der Waals surface area contributed by atoms with Gasteiger partial charge in [-0.05, 0) is 65.6 Å². The van der Waals surface area contributed by atoms with Gasteiger partial charge in [0.25, 0.3) is 0 Å². The smallest absolute Gasteiger partial charge is 0.379 e. The summed E-state index contributed by atoms with van der Waals surface area (Å²) in [7, 11) is -4.28. The van der Waals surface area contributed by atoms with Crippen molar-refractivity contribution in [2.24, 2.45) is 0 Å². The first-order valence-electron chi connectivity index (χ1n) is 11.8. The van der Waals surface area contributed by atoms with Gasteiger partial charge in [-0.3, -0.25) is 9.05 Å². The maximum Gasteiger partial charge on any atom is 0.473 e. The van der Waals surface area contributed by atoms with E-state index in [1.807, 2.05) is 6.92 Å². The van der Waals surface area contributed by atoms with Gasteiger partial charge in [0, 0.05) is 13.0 Å². The molecule has 4 aromatic rings. The van der Waals surface area contributed by atoms with E-state index in [0.29, 0.717) is 13.0 Å². The van der Waals surface area contributed by atoms with Gasteiger partial charge in [-0.1, -0.05) is 54.6 Å². The van der Waals surface area contributed by atoms with Gasteiger partial charge in [0.05, 0.1) is 18.3 Å². The SMILES string of the molecule is CCOC[C@H]1O[C@@H](c2ccc3ccc4cccc5ccc2c3c45)CC1OP(=O)(O)OC(C)(C)C. The average Bonchev–Trinajstić information content (AvgIpc) is 3.15. The van der Waals surface area contributed by atoms with Crippen LogP contribution in [0.25, 0.3) is 32.3 Å². The van der Waals surface area contributed by atoms with Crippen LogP contribution < -0.4 is 0 Å². The Kier molecular flexibility index (Phi) is 6.18. The molecule has 0 bridgehead atoms. The number of hydrogen-bond acceptors (Lipinski definition) is 5. The fourth-order valence-electron chi connectivity index (χ4n) is 4.99. The molecule has 6 nitrogen and oxygen atoms in total. The van der Waals surface area contributed by atoms with E-state index in [4.69, 9.17) is 18.5 Å². The minimum Gasteiger partial charge on any atom is -0.379 e. The van der Waals surface area contributed by atoms with Crippen LogP contribution in [0.15, 0.2) is 54.6 Å². The van der Waals surface area contributed by atoms with Crippen molar-refractivity contribution in [1.82, 2.24) is 0 Å². The molecule has 2 unspecified atom stereocenters. The van der Waals surface area contributed by atoms with Crippen molar-refractivity contribution in [3.05, 3.63) is 60.2 Å². The van der Waals surface area contributed by atoms with Gasteiger partial charge in [-0.15, -0.1) is 0 Å². The highest BCUT2D eigenvalue weighted by Crippen LogP contribution is 2.52. The summed E-state index contributed by atoms with van der Waals surface area (Å²) in [5.74, 6) is 0. The lowest BCUT2D eigenvalue weighted by Crippen LogP contribution is -2.29. The van der Waals surface area contributed by atoms with Crippen LogP contribution in [-0.2, 0) is 23.1 Å². The Hall–Kier alpha value is -2.05. The van der Waals surface area contributed by atoms with Crippen LogP contribution in [0.1, 0.15) is 45.8 Å². The van der Waals surface area contributed by atoms with Crippen molar-refractivity contribution in [1.29, 1.82) is 0 Å². The largest absolute Gasteiger partial charge is 0.473 e. The standard InChI is InChI=1S/C27H31O6P/c1-5-30-16-24-23(32-34(28,29)33-27(2,3)4)15-22(31-24)20-13-11-19-10-9-17-7-6-8-18-12-14-21(20)26(19)25(17)18/h6-14,22-24H,5,15-16H2,1-4H3,(H,28,29)/t22-,23?,24-/m1/s1. The van der Waals surface area contributed by atoms with Crippen LogP contribution >= 0.6 is 7.82 Å². The summed E-state index contributed by atoms with van der Waals surface area (Å²) < 4.78 is 35.7. The minimum absolute atomic E-state index is 0.277. The zero-order chi connectivity index (χ0) is 24.1. The lowest BCUT2D eigenvalue weighted by Gasteiger charge is -2.26. The third-order valence-corrected chi connectivity index (χ3v) is 7.57. The number of benzene rings is 4. The number of rotatable bonds is 7. The molecule has 0 spiro atoms. The molecule has 5 rings (SSSR count). The predicted molar refractivity (Wildman–Crippen MR) is 134 cm³/mol. The molecule has 1 fully saturated rings. The van der Waals surface area contributed by atoms with Crippen LogP contribution in [0, 0.1) is 0 Å². The van der Waals surface area contributed by atoms with Gasteiger partial charge < -0.3 is 14.4 Å². The highest BCUT2D eigenvalue weighted by Gasteiger charge is 2.43. The Morgan fingerprint density at radius 1 is 1.00 bits per heavy atom. The molecule has 1 N–H and O–H groups in total. The first kappa shape index (κ1) is 23.7.